The molecular formula is C30H37N3O5S. The molecule has 3 aromatic carbocycles. The second kappa shape index (κ2) is 12.8. The summed E-state index contributed by atoms with van der Waals surface area (Å²) < 4.78 is 34.0. The number of sulfonamides is 1. The van der Waals surface area contributed by atoms with Gasteiger partial charge in [0, 0.05) is 12.6 Å². The van der Waals surface area contributed by atoms with Gasteiger partial charge in [0.25, 0.3) is 10.0 Å². The third kappa shape index (κ3) is 7.60. The lowest BCUT2D eigenvalue weighted by atomic mass is 10.1. The summed E-state index contributed by atoms with van der Waals surface area (Å²) >= 11 is 0. The van der Waals surface area contributed by atoms with Gasteiger partial charge in [0.1, 0.15) is 18.3 Å². The van der Waals surface area contributed by atoms with Gasteiger partial charge in [-0.05, 0) is 76.6 Å². The molecule has 3 rings (SSSR count). The molecule has 3 aromatic rings. The zero-order valence-corrected chi connectivity index (χ0v) is 24.2. The largest absolute Gasteiger partial charge is 0.497 e. The molecule has 1 N–H and O–H groups in total. The van der Waals surface area contributed by atoms with Crippen molar-refractivity contribution in [3.05, 3.63) is 89.5 Å². The molecule has 0 spiro atoms. The molecule has 0 fully saturated rings. The number of carbonyl (C=O) groups is 2. The van der Waals surface area contributed by atoms with Crippen LogP contribution in [-0.2, 0) is 26.2 Å². The topological polar surface area (TPSA) is 96.0 Å². The number of nitrogens with one attached hydrogen (secondary N) is 1. The summed E-state index contributed by atoms with van der Waals surface area (Å²) in [6.45, 7) is 8.81. The second-order valence-electron chi connectivity index (χ2n) is 9.87. The van der Waals surface area contributed by atoms with Crippen LogP contribution in [0.3, 0.4) is 0 Å². The summed E-state index contributed by atoms with van der Waals surface area (Å²) in [5, 5.41) is 2.86. The first-order valence-corrected chi connectivity index (χ1v) is 14.2. The van der Waals surface area contributed by atoms with E-state index in [4.69, 9.17) is 4.74 Å². The van der Waals surface area contributed by atoms with Crippen molar-refractivity contribution in [1.82, 2.24) is 10.2 Å². The van der Waals surface area contributed by atoms with Crippen LogP contribution in [0.2, 0.25) is 0 Å². The minimum Gasteiger partial charge on any atom is -0.497 e. The smallest absolute Gasteiger partial charge is 0.264 e. The maximum atomic E-state index is 13.9. The molecule has 0 aliphatic heterocycles. The van der Waals surface area contributed by atoms with Crippen LogP contribution in [0.5, 0.6) is 5.75 Å². The maximum absolute atomic E-state index is 13.9. The highest BCUT2D eigenvalue weighted by Crippen LogP contribution is 2.27. The Morgan fingerprint density at radius 1 is 0.897 bits per heavy atom. The zero-order chi connectivity index (χ0) is 28.7. The van der Waals surface area contributed by atoms with E-state index in [0.29, 0.717) is 11.4 Å². The summed E-state index contributed by atoms with van der Waals surface area (Å²) in [5.41, 5.74) is 3.07. The predicted octanol–water partition coefficient (Wildman–Crippen LogP) is 4.45. The first-order chi connectivity index (χ1) is 18.4. The van der Waals surface area contributed by atoms with Crippen LogP contribution in [0, 0.1) is 13.8 Å². The van der Waals surface area contributed by atoms with Gasteiger partial charge in [-0.2, -0.15) is 0 Å². The van der Waals surface area contributed by atoms with E-state index in [1.807, 2.05) is 52.0 Å². The van der Waals surface area contributed by atoms with Crippen LogP contribution < -0.4 is 14.4 Å². The zero-order valence-electron chi connectivity index (χ0n) is 23.3. The normalized spacial score (nSPS) is 12.1. The third-order valence-electron chi connectivity index (χ3n) is 6.28. The summed E-state index contributed by atoms with van der Waals surface area (Å²) in [4.78, 5) is 28.4. The fourth-order valence-corrected chi connectivity index (χ4v) is 5.52. The molecule has 0 saturated carbocycles. The molecule has 208 valence electrons. The van der Waals surface area contributed by atoms with Gasteiger partial charge < -0.3 is 15.0 Å². The number of amides is 2. The summed E-state index contributed by atoms with van der Waals surface area (Å²) in [6, 6.07) is 19.6. The highest BCUT2D eigenvalue weighted by atomic mass is 32.2. The molecule has 0 heterocycles. The predicted molar refractivity (Wildman–Crippen MR) is 153 cm³/mol. The van der Waals surface area contributed by atoms with Crippen molar-refractivity contribution in [3.8, 4) is 5.75 Å². The molecule has 2 amide bonds. The number of methoxy groups -OCH3 is 1. The number of rotatable bonds is 11. The molecule has 0 aliphatic carbocycles. The number of hydrogen-bond donors (Lipinski definition) is 1. The first kappa shape index (κ1) is 29.7. The molecule has 0 aliphatic rings. The van der Waals surface area contributed by atoms with Gasteiger partial charge in [0.15, 0.2) is 0 Å². The van der Waals surface area contributed by atoms with Gasteiger partial charge in [0.05, 0.1) is 17.7 Å². The number of aryl methyl sites for hydroxylation is 2. The molecule has 0 radical (unpaired) electrons. The lowest BCUT2D eigenvalue weighted by molar-refractivity contribution is -0.139. The molecule has 1 atom stereocenters. The van der Waals surface area contributed by atoms with Crippen LogP contribution in [0.25, 0.3) is 0 Å². The van der Waals surface area contributed by atoms with Crippen molar-refractivity contribution >= 4 is 27.5 Å². The van der Waals surface area contributed by atoms with Crippen LogP contribution in [0.1, 0.15) is 37.5 Å². The van der Waals surface area contributed by atoms with Gasteiger partial charge in [-0.15, -0.1) is 0 Å². The third-order valence-corrected chi connectivity index (χ3v) is 8.07. The minimum atomic E-state index is -4.12. The highest BCUT2D eigenvalue weighted by molar-refractivity contribution is 7.92. The summed E-state index contributed by atoms with van der Waals surface area (Å²) in [7, 11) is -2.60. The van der Waals surface area contributed by atoms with Crippen molar-refractivity contribution in [2.24, 2.45) is 0 Å². The Morgan fingerprint density at radius 3 is 2.10 bits per heavy atom. The molecule has 39 heavy (non-hydrogen) atoms. The van der Waals surface area contributed by atoms with Gasteiger partial charge in [-0.1, -0.05) is 47.5 Å². The number of hydrogen-bond acceptors (Lipinski definition) is 5. The van der Waals surface area contributed by atoms with E-state index in [9.17, 15) is 18.0 Å². The minimum absolute atomic E-state index is 0.0625. The number of benzene rings is 3. The number of carbonyl (C=O) groups excluding carboxylic acids is 2. The maximum Gasteiger partial charge on any atom is 0.264 e. The fraction of sp³-hybridized carbons (Fsp3) is 0.333. The Hall–Kier alpha value is -3.85. The Bertz CT molecular complexity index is 1390. The Balaban J connectivity index is 2.03. The van der Waals surface area contributed by atoms with Gasteiger partial charge in [-0.3, -0.25) is 13.9 Å². The lowest BCUT2D eigenvalue weighted by Gasteiger charge is -2.32. The Labute approximate surface area is 231 Å². The number of ether oxygens (including phenoxy) is 1. The van der Waals surface area contributed by atoms with E-state index in [0.717, 1.165) is 21.0 Å². The van der Waals surface area contributed by atoms with Gasteiger partial charge >= 0.3 is 0 Å². The highest BCUT2D eigenvalue weighted by Gasteiger charge is 2.32. The van der Waals surface area contributed by atoms with E-state index in [1.54, 1.807) is 43.3 Å². The SMILES string of the molecule is COc1ccc(N(CC(=O)N(Cc2cccc(C)c2)C(C)C(=O)NC(C)C)S(=O)(=O)c2ccc(C)cc2)cc1. The molecule has 8 nitrogen and oxygen atoms in total. The Kier molecular flexibility index (Phi) is 9.75. The fourth-order valence-electron chi connectivity index (χ4n) is 4.11. The second-order valence-corrected chi connectivity index (χ2v) is 11.7. The van der Waals surface area contributed by atoms with E-state index in [2.05, 4.69) is 5.32 Å². The average Bonchev–Trinajstić information content (AvgIpc) is 2.89. The van der Waals surface area contributed by atoms with Gasteiger partial charge in [0.2, 0.25) is 11.8 Å². The van der Waals surface area contributed by atoms with Crippen LogP contribution in [0.4, 0.5) is 5.69 Å². The van der Waals surface area contributed by atoms with E-state index >= 15 is 0 Å². The van der Waals surface area contributed by atoms with E-state index in [1.165, 1.54) is 24.1 Å². The first-order valence-electron chi connectivity index (χ1n) is 12.8. The molecule has 0 aromatic heterocycles. The molecule has 9 heteroatoms. The average molecular weight is 552 g/mol. The summed E-state index contributed by atoms with van der Waals surface area (Å²) in [5.74, 6) is -0.268. The Morgan fingerprint density at radius 2 is 1.54 bits per heavy atom. The molecule has 0 saturated heterocycles. The molecular weight excluding hydrogens is 514 g/mol. The van der Waals surface area contributed by atoms with E-state index in [-0.39, 0.29) is 23.4 Å². The van der Waals surface area contributed by atoms with Crippen molar-refractivity contribution < 1.29 is 22.7 Å². The number of nitrogens with zero attached hydrogens (tertiary/aromatic N) is 2. The van der Waals surface area contributed by atoms with Crippen molar-refractivity contribution in [2.75, 3.05) is 18.0 Å². The quantitative estimate of drug-likeness (QED) is 0.380. The standard InChI is InChI=1S/C30H37N3O5S/c1-21(2)31-30(35)24(5)32(19-25-9-7-8-23(4)18-25)29(34)20-33(26-12-14-27(38-6)15-13-26)39(36,37)28-16-10-22(3)11-17-28/h7-18,21,24H,19-20H2,1-6H3,(H,31,35). The lowest BCUT2D eigenvalue weighted by Crippen LogP contribution is -2.52. The van der Waals surface area contributed by atoms with Crippen LogP contribution in [-0.4, -0.2) is 50.9 Å². The van der Waals surface area contributed by atoms with Crippen LogP contribution in [0.15, 0.2) is 77.7 Å². The van der Waals surface area contributed by atoms with E-state index < -0.39 is 28.5 Å². The van der Waals surface area contributed by atoms with Crippen molar-refractivity contribution in [2.45, 2.75) is 58.1 Å². The monoisotopic (exact) mass is 551 g/mol. The summed E-state index contributed by atoms with van der Waals surface area (Å²) in [6.07, 6.45) is 0. The van der Waals surface area contributed by atoms with Crippen molar-refractivity contribution in [1.29, 1.82) is 0 Å². The van der Waals surface area contributed by atoms with Crippen LogP contribution >= 0.6 is 0 Å². The molecule has 0 bridgehead atoms. The molecule has 1 unspecified atom stereocenters. The van der Waals surface area contributed by atoms with Crippen molar-refractivity contribution in [3.63, 3.8) is 0 Å². The number of anilines is 1. The van der Waals surface area contributed by atoms with Gasteiger partial charge in [-0.25, -0.2) is 8.42 Å².